The standard InChI is InChI=1S/C21H24N2O3/c1-21(2,3)19(24)20(26-17-12-8-5-9-13-17)23-14-18(22-15-23)25-16-10-6-4-7-11-16/h4-15,19-20,24H,1-3H3. The number of aliphatic hydroxyl groups excluding tert-OH is 1. The first-order valence-electron chi connectivity index (χ1n) is 8.59. The molecule has 0 fully saturated rings. The molecule has 0 spiro atoms. The molecule has 136 valence electrons. The molecule has 2 atom stereocenters. The minimum Gasteiger partial charge on any atom is -0.467 e. The van der Waals surface area contributed by atoms with Crippen molar-refractivity contribution in [3.8, 4) is 17.4 Å². The minimum atomic E-state index is -0.749. The molecule has 5 heteroatoms. The van der Waals surface area contributed by atoms with Gasteiger partial charge in [-0.3, -0.25) is 4.57 Å². The molecule has 1 heterocycles. The van der Waals surface area contributed by atoms with Crippen molar-refractivity contribution in [2.75, 3.05) is 0 Å². The second-order valence-corrected chi connectivity index (χ2v) is 7.21. The van der Waals surface area contributed by atoms with E-state index in [0.717, 1.165) is 0 Å². The van der Waals surface area contributed by atoms with Gasteiger partial charge in [0.05, 0.1) is 6.20 Å². The van der Waals surface area contributed by atoms with Crippen molar-refractivity contribution in [1.82, 2.24) is 9.55 Å². The van der Waals surface area contributed by atoms with E-state index in [-0.39, 0.29) is 5.41 Å². The Kier molecular flexibility index (Phi) is 5.28. The summed E-state index contributed by atoms with van der Waals surface area (Å²) in [4.78, 5) is 4.29. The molecule has 0 amide bonds. The quantitative estimate of drug-likeness (QED) is 0.701. The Bertz CT molecular complexity index is 810. The third-order valence-corrected chi connectivity index (χ3v) is 3.99. The highest BCUT2D eigenvalue weighted by Gasteiger charge is 2.33. The van der Waals surface area contributed by atoms with Crippen LogP contribution in [0.2, 0.25) is 0 Å². The Morgan fingerprint density at radius 3 is 2.08 bits per heavy atom. The molecule has 0 bridgehead atoms. The number of hydrogen-bond acceptors (Lipinski definition) is 4. The van der Waals surface area contributed by atoms with Crippen molar-refractivity contribution in [3.63, 3.8) is 0 Å². The molecule has 3 rings (SSSR count). The van der Waals surface area contributed by atoms with Gasteiger partial charge in [-0.2, -0.15) is 0 Å². The Morgan fingerprint density at radius 1 is 0.923 bits per heavy atom. The maximum absolute atomic E-state index is 10.8. The van der Waals surface area contributed by atoms with Crippen LogP contribution >= 0.6 is 0 Å². The highest BCUT2D eigenvalue weighted by molar-refractivity contribution is 5.26. The van der Waals surface area contributed by atoms with E-state index in [9.17, 15) is 5.11 Å². The van der Waals surface area contributed by atoms with E-state index in [2.05, 4.69) is 4.98 Å². The average molecular weight is 352 g/mol. The summed E-state index contributed by atoms with van der Waals surface area (Å²) in [7, 11) is 0. The summed E-state index contributed by atoms with van der Waals surface area (Å²) in [5.74, 6) is 1.83. The highest BCUT2D eigenvalue weighted by Crippen LogP contribution is 2.31. The summed E-state index contributed by atoms with van der Waals surface area (Å²) < 4.78 is 13.6. The average Bonchev–Trinajstić information content (AvgIpc) is 3.08. The molecular weight excluding hydrogens is 328 g/mol. The first-order chi connectivity index (χ1) is 12.4. The number of para-hydroxylation sites is 2. The summed E-state index contributed by atoms with van der Waals surface area (Å²) in [5.41, 5.74) is -0.371. The predicted molar refractivity (Wildman–Crippen MR) is 100 cm³/mol. The van der Waals surface area contributed by atoms with Gasteiger partial charge < -0.3 is 14.6 Å². The van der Waals surface area contributed by atoms with Crippen LogP contribution in [0.1, 0.15) is 27.0 Å². The number of nitrogens with zero attached hydrogens (tertiary/aromatic N) is 2. The van der Waals surface area contributed by atoms with Crippen molar-refractivity contribution in [2.24, 2.45) is 5.41 Å². The zero-order chi connectivity index (χ0) is 18.6. The lowest BCUT2D eigenvalue weighted by Crippen LogP contribution is -2.38. The highest BCUT2D eigenvalue weighted by atomic mass is 16.5. The van der Waals surface area contributed by atoms with Crippen LogP contribution in [0.4, 0.5) is 0 Å². The summed E-state index contributed by atoms with van der Waals surface area (Å²) in [5, 5.41) is 10.8. The normalized spacial score (nSPS) is 13.8. The van der Waals surface area contributed by atoms with E-state index in [1.54, 1.807) is 17.1 Å². The van der Waals surface area contributed by atoms with Gasteiger partial charge in [0, 0.05) is 0 Å². The Morgan fingerprint density at radius 2 is 1.50 bits per heavy atom. The van der Waals surface area contributed by atoms with Crippen LogP contribution in [0.5, 0.6) is 17.4 Å². The fourth-order valence-electron chi connectivity index (χ4n) is 2.47. The van der Waals surface area contributed by atoms with E-state index in [0.29, 0.717) is 17.4 Å². The summed E-state index contributed by atoms with van der Waals surface area (Å²) in [6, 6.07) is 18.9. The summed E-state index contributed by atoms with van der Waals surface area (Å²) >= 11 is 0. The third-order valence-electron chi connectivity index (χ3n) is 3.99. The number of benzene rings is 2. The second kappa shape index (κ2) is 7.62. The Balaban J connectivity index is 1.84. The van der Waals surface area contributed by atoms with E-state index < -0.39 is 12.3 Å². The van der Waals surface area contributed by atoms with E-state index in [1.165, 1.54) is 0 Å². The van der Waals surface area contributed by atoms with Gasteiger partial charge in [-0.25, -0.2) is 4.98 Å². The van der Waals surface area contributed by atoms with Gasteiger partial charge in [-0.1, -0.05) is 57.2 Å². The number of aliphatic hydroxyl groups is 1. The zero-order valence-electron chi connectivity index (χ0n) is 15.2. The molecule has 26 heavy (non-hydrogen) atoms. The van der Waals surface area contributed by atoms with Crippen LogP contribution in [0.15, 0.2) is 73.2 Å². The molecule has 5 nitrogen and oxygen atoms in total. The fraction of sp³-hybridized carbons (Fsp3) is 0.286. The van der Waals surface area contributed by atoms with Crippen molar-refractivity contribution < 1.29 is 14.6 Å². The molecule has 3 aromatic rings. The van der Waals surface area contributed by atoms with Crippen LogP contribution in [0.25, 0.3) is 0 Å². The maximum atomic E-state index is 10.8. The monoisotopic (exact) mass is 352 g/mol. The number of imidazole rings is 1. The van der Waals surface area contributed by atoms with E-state index >= 15 is 0 Å². The van der Waals surface area contributed by atoms with Crippen molar-refractivity contribution >= 4 is 0 Å². The van der Waals surface area contributed by atoms with E-state index in [4.69, 9.17) is 9.47 Å². The van der Waals surface area contributed by atoms with Gasteiger partial charge in [-0.05, 0) is 29.7 Å². The van der Waals surface area contributed by atoms with Gasteiger partial charge in [0.2, 0.25) is 12.1 Å². The van der Waals surface area contributed by atoms with Crippen LogP contribution in [-0.4, -0.2) is 20.8 Å². The second-order valence-electron chi connectivity index (χ2n) is 7.21. The van der Waals surface area contributed by atoms with Gasteiger partial charge in [0.15, 0.2) is 0 Å². The molecule has 0 aliphatic rings. The Labute approximate surface area is 153 Å². The van der Waals surface area contributed by atoms with Gasteiger partial charge in [0.25, 0.3) is 0 Å². The minimum absolute atomic E-state index is 0.371. The van der Waals surface area contributed by atoms with Crippen molar-refractivity contribution in [3.05, 3.63) is 73.2 Å². The summed E-state index contributed by atoms with van der Waals surface area (Å²) in [6.45, 7) is 5.91. The number of hydrogen-bond donors (Lipinski definition) is 1. The molecule has 0 saturated carbocycles. The molecule has 1 aromatic heterocycles. The molecule has 0 radical (unpaired) electrons. The fourth-order valence-corrected chi connectivity index (χ4v) is 2.47. The molecule has 0 aliphatic carbocycles. The Hall–Kier alpha value is -2.79. The van der Waals surface area contributed by atoms with E-state index in [1.807, 2.05) is 81.4 Å². The molecule has 0 aliphatic heterocycles. The largest absolute Gasteiger partial charge is 0.467 e. The van der Waals surface area contributed by atoms with Crippen LogP contribution in [0.3, 0.4) is 0 Å². The predicted octanol–water partition coefficient (Wildman–Crippen LogP) is 4.66. The molecule has 0 saturated heterocycles. The van der Waals surface area contributed by atoms with Crippen LogP contribution in [0, 0.1) is 5.41 Å². The van der Waals surface area contributed by atoms with Gasteiger partial charge >= 0.3 is 0 Å². The molecule has 2 aromatic carbocycles. The maximum Gasteiger partial charge on any atom is 0.237 e. The first kappa shape index (κ1) is 18.0. The molecule has 2 unspecified atom stereocenters. The molecule has 1 N–H and O–H groups in total. The third kappa shape index (κ3) is 4.43. The smallest absolute Gasteiger partial charge is 0.237 e. The van der Waals surface area contributed by atoms with Crippen molar-refractivity contribution in [2.45, 2.75) is 33.1 Å². The number of ether oxygens (including phenoxy) is 2. The van der Waals surface area contributed by atoms with Crippen molar-refractivity contribution in [1.29, 1.82) is 0 Å². The van der Waals surface area contributed by atoms with Crippen LogP contribution < -0.4 is 9.47 Å². The zero-order valence-corrected chi connectivity index (χ0v) is 15.2. The summed E-state index contributed by atoms with van der Waals surface area (Å²) in [6.07, 6.45) is 1.97. The SMILES string of the molecule is CC(C)(C)C(O)C(Oc1ccccc1)n1cnc(Oc2ccccc2)c1. The van der Waals surface area contributed by atoms with Crippen LogP contribution in [-0.2, 0) is 0 Å². The van der Waals surface area contributed by atoms with Gasteiger partial charge in [-0.15, -0.1) is 0 Å². The number of rotatable bonds is 6. The first-order valence-corrected chi connectivity index (χ1v) is 8.59. The lowest BCUT2D eigenvalue weighted by Gasteiger charge is -2.33. The number of aromatic nitrogens is 2. The van der Waals surface area contributed by atoms with Gasteiger partial charge in [0.1, 0.15) is 23.9 Å². The molecular formula is C21H24N2O3. The lowest BCUT2D eigenvalue weighted by atomic mass is 9.88. The topological polar surface area (TPSA) is 56.5 Å². The lowest BCUT2D eigenvalue weighted by molar-refractivity contribution is -0.0675.